The number of rotatable bonds is 2. The van der Waals surface area contributed by atoms with Gasteiger partial charge in [0.05, 0.1) is 0 Å². The molecule has 0 unspecified atom stereocenters. The number of H-pyrrole nitrogens is 2. The third kappa shape index (κ3) is 3.08. The third-order valence-electron chi connectivity index (χ3n) is 5.67. The normalized spacial score (nSPS) is 11.6. The van der Waals surface area contributed by atoms with Crippen LogP contribution >= 0.6 is 0 Å². The van der Waals surface area contributed by atoms with E-state index < -0.39 is 23.2 Å². The molecule has 0 saturated carbocycles. The van der Waals surface area contributed by atoms with E-state index in [0.29, 0.717) is 0 Å². The molecular formula is C26H16BiN2O2. The van der Waals surface area contributed by atoms with E-state index in [1.165, 1.54) is 6.80 Å². The van der Waals surface area contributed by atoms with Crippen molar-refractivity contribution in [3.05, 3.63) is 105 Å². The van der Waals surface area contributed by atoms with E-state index in [-0.39, 0.29) is 10.9 Å². The van der Waals surface area contributed by atoms with E-state index >= 15 is 0 Å². The van der Waals surface area contributed by atoms with Crippen molar-refractivity contribution in [2.75, 3.05) is 0 Å². The first-order valence-corrected chi connectivity index (χ1v) is 13.5. The van der Waals surface area contributed by atoms with Crippen molar-refractivity contribution in [3.63, 3.8) is 0 Å². The second-order valence-corrected chi connectivity index (χ2v) is 12.2. The van der Waals surface area contributed by atoms with Gasteiger partial charge in [0, 0.05) is 0 Å². The van der Waals surface area contributed by atoms with Crippen LogP contribution in [0.1, 0.15) is 0 Å². The number of hydrogen-bond donors (Lipinski definition) is 2. The molecule has 0 spiro atoms. The fourth-order valence-corrected chi connectivity index (χ4v) is 7.68. The van der Waals surface area contributed by atoms with Crippen LogP contribution in [0.2, 0.25) is 0 Å². The summed E-state index contributed by atoms with van der Waals surface area (Å²) >= 11 is -1.34. The average Bonchev–Trinajstić information content (AvgIpc) is 2.79. The summed E-state index contributed by atoms with van der Waals surface area (Å²) in [7, 11) is 0. The Morgan fingerprint density at radius 2 is 0.903 bits per heavy atom. The van der Waals surface area contributed by atoms with Crippen molar-refractivity contribution in [1.29, 1.82) is 0 Å². The molecule has 0 aliphatic rings. The number of pyridine rings is 2. The van der Waals surface area contributed by atoms with Crippen LogP contribution in [0.25, 0.3) is 43.4 Å². The first-order chi connectivity index (χ1) is 15.2. The number of aromatic amines is 2. The molecule has 4 nitrogen and oxygen atoms in total. The Balaban J connectivity index is 1.52. The fraction of sp³-hybridized carbons (Fsp3) is 0. The Kier molecular flexibility index (Phi) is 4.25. The van der Waals surface area contributed by atoms with Crippen LogP contribution in [-0.4, -0.2) is 33.2 Å². The van der Waals surface area contributed by atoms with Gasteiger partial charge in [-0.25, -0.2) is 0 Å². The zero-order valence-electron chi connectivity index (χ0n) is 16.3. The summed E-state index contributed by atoms with van der Waals surface area (Å²) in [6.45, 7) is 0. The summed E-state index contributed by atoms with van der Waals surface area (Å²) in [5.74, 6) is 0. The van der Waals surface area contributed by atoms with Crippen LogP contribution in [0.3, 0.4) is 0 Å². The minimum absolute atomic E-state index is 0.0369. The molecule has 0 bridgehead atoms. The van der Waals surface area contributed by atoms with Gasteiger partial charge in [0.1, 0.15) is 0 Å². The first kappa shape index (κ1) is 18.5. The molecule has 5 heteroatoms. The van der Waals surface area contributed by atoms with E-state index in [1.54, 1.807) is 24.3 Å². The molecule has 2 N–H and O–H groups in total. The van der Waals surface area contributed by atoms with Crippen LogP contribution < -0.4 is 17.7 Å². The molecule has 0 fully saturated rings. The Hall–Kier alpha value is -3.30. The summed E-state index contributed by atoms with van der Waals surface area (Å²) in [5, 5.41) is 5.45. The van der Waals surface area contributed by atoms with E-state index in [4.69, 9.17) is 0 Å². The van der Waals surface area contributed by atoms with Gasteiger partial charge >= 0.3 is 189 Å². The molecular weight excluding hydrogens is 581 g/mol. The summed E-state index contributed by atoms with van der Waals surface area (Å²) in [6.07, 6.45) is 0. The van der Waals surface area contributed by atoms with Crippen LogP contribution in [-0.2, 0) is 0 Å². The molecule has 2 heterocycles. The number of nitrogens with one attached hydrogen (secondary N) is 2. The van der Waals surface area contributed by atoms with E-state index in [1.807, 2.05) is 36.4 Å². The fourth-order valence-electron chi connectivity index (χ4n) is 4.21. The van der Waals surface area contributed by atoms with Crippen molar-refractivity contribution in [2.45, 2.75) is 0 Å². The second kappa shape index (κ2) is 7.14. The van der Waals surface area contributed by atoms with Gasteiger partial charge in [-0.15, -0.1) is 0 Å². The van der Waals surface area contributed by atoms with Crippen LogP contribution in [0, 0.1) is 0 Å². The summed E-state index contributed by atoms with van der Waals surface area (Å²) in [5.41, 5.74) is 1.87. The van der Waals surface area contributed by atoms with Crippen LogP contribution in [0.4, 0.5) is 0 Å². The molecule has 0 atom stereocenters. The monoisotopic (exact) mass is 597 g/mol. The van der Waals surface area contributed by atoms with Gasteiger partial charge < -0.3 is 0 Å². The maximum atomic E-state index is 12.5. The van der Waals surface area contributed by atoms with Gasteiger partial charge in [-0.1, -0.05) is 0 Å². The molecule has 31 heavy (non-hydrogen) atoms. The van der Waals surface area contributed by atoms with Gasteiger partial charge in [-0.3, -0.25) is 0 Å². The number of aromatic nitrogens is 2. The predicted octanol–water partition coefficient (Wildman–Crippen LogP) is 3.33. The Morgan fingerprint density at radius 3 is 1.39 bits per heavy atom. The molecule has 6 aromatic rings. The Morgan fingerprint density at radius 1 is 0.484 bits per heavy atom. The predicted molar refractivity (Wildman–Crippen MR) is 129 cm³/mol. The summed E-state index contributed by atoms with van der Waals surface area (Å²) in [6, 6.07) is 27.3. The van der Waals surface area contributed by atoms with Crippen molar-refractivity contribution in [2.24, 2.45) is 0 Å². The van der Waals surface area contributed by atoms with E-state index in [0.717, 1.165) is 43.4 Å². The van der Waals surface area contributed by atoms with E-state index in [2.05, 4.69) is 34.2 Å². The molecule has 0 aliphatic carbocycles. The van der Waals surface area contributed by atoms with Crippen molar-refractivity contribution in [1.82, 2.24) is 9.97 Å². The average molecular weight is 597 g/mol. The standard InChI is InChI=1S/2C13H8NO.Bi/c2*15-11-5-1-3-9-6-7-10-4-2-8-14-13(10)12(9)11;/h2*1-7,14H;. The Labute approximate surface area is 188 Å². The number of hydrogen-bond acceptors (Lipinski definition) is 2. The molecule has 147 valence electrons. The van der Waals surface area contributed by atoms with Gasteiger partial charge in [0.2, 0.25) is 0 Å². The van der Waals surface area contributed by atoms with Crippen molar-refractivity contribution < 1.29 is 0 Å². The molecule has 2 aromatic heterocycles. The quantitative estimate of drug-likeness (QED) is 0.238. The third-order valence-corrected chi connectivity index (χ3v) is 9.57. The number of fused-ring (bicyclic) bond motifs is 6. The molecule has 1 radical (unpaired) electrons. The minimum atomic E-state index is -1.34. The second-order valence-electron chi connectivity index (χ2n) is 7.57. The van der Waals surface area contributed by atoms with Gasteiger partial charge in [0.15, 0.2) is 0 Å². The van der Waals surface area contributed by atoms with Gasteiger partial charge in [-0.05, 0) is 0 Å². The van der Waals surface area contributed by atoms with Gasteiger partial charge in [0.25, 0.3) is 0 Å². The van der Waals surface area contributed by atoms with Crippen molar-refractivity contribution in [3.8, 4) is 0 Å². The van der Waals surface area contributed by atoms with Crippen LogP contribution in [0.5, 0.6) is 0 Å². The maximum absolute atomic E-state index is 12.5. The molecule has 4 aromatic carbocycles. The molecule has 0 aliphatic heterocycles. The zero-order valence-corrected chi connectivity index (χ0v) is 19.8. The topological polar surface area (TPSA) is 65.7 Å². The first-order valence-electron chi connectivity index (χ1n) is 9.99. The number of benzene rings is 4. The van der Waals surface area contributed by atoms with E-state index in [9.17, 15) is 9.59 Å². The zero-order chi connectivity index (χ0) is 20.9. The SMILES string of the molecule is O=c1cccc2ccc3cc[c]([Bi][c]4ccc5ccc6cccc(=O)c6c5[nH]4)[nH]c3c12. The molecule has 0 amide bonds. The Bertz CT molecular complexity index is 1630. The van der Waals surface area contributed by atoms with Crippen molar-refractivity contribution >= 4 is 73.4 Å². The van der Waals surface area contributed by atoms with Crippen LogP contribution in [0.15, 0.2) is 94.5 Å². The molecule has 6 rings (SSSR count). The summed E-state index contributed by atoms with van der Waals surface area (Å²) in [4.78, 5) is 32.2. The summed E-state index contributed by atoms with van der Waals surface area (Å²) < 4.78 is 2.34. The van der Waals surface area contributed by atoms with Gasteiger partial charge in [-0.2, -0.15) is 0 Å². The molecule has 0 saturated heterocycles.